The third kappa shape index (κ3) is 6.57. The molecular formula is C24H35N5O5. The van der Waals surface area contributed by atoms with Crippen LogP contribution in [0.1, 0.15) is 54.0 Å². The number of hydrogen-bond acceptors (Lipinski definition) is 7. The molecule has 1 aliphatic heterocycles. The van der Waals surface area contributed by atoms with Gasteiger partial charge < -0.3 is 25.8 Å². The molecule has 0 saturated carbocycles. The number of nitrogens with two attached hydrogens (primary N) is 1. The van der Waals surface area contributed by atoms with Crippen LogP contribution in [-0.4, -0.2) is 60.1 Å². The van der Waals surface area contributed by atoms with Gasteiger partial charge in [-0.1, -0.05) is 0 Å². The van der Waals surface area contributed by atoms with Gasteiger partial charge in [0.15, 0.2) is 0 Å². The van der Waals surface area contributed by atoms with E-state index in [2.05, 4.69) is 10.3 Å². The summed E-state index contributed by atoms with van der Waals surface area (Å²) in [5, 5.41) is 12.7. The lowest BCUT2D eigenvalue weighted by molar-refractivity contribution is -0.117. The number of benzene rings is 1. The lowest BCUT2D eigenvalue weighted by Crippen LogP contribution is -2.51. The van der Waals surface area contributed by atoms with Crippen LogP contribution in [0.15, 0.2) is 23.3 Å². The maximum atomic E-state index is 12.9. The number of amides is 3. The van der Waals surface area contributed by atoms with Crippen molar-refractivity contribution in [3.63, 3.8) is 0 Å². The van der Waals surface area contributed by atoms with E-state index in [0.717, 1.165) is 0 Å². The number of nitrogens with one attached hydrogen (secondary N) is 1. The van der Waals surface area contributed by atoms with Crippen molar-refractivity contribution < 1.29 is 24.2 Å². The summed E-state index contributed by atoms with van der Waals surface area (Å²) < 4.78 is 5.43. The summed E-state index contributed by atoms with van der Waals surface area (Å²) in [4.78, 5) is 44.7. The van der Waals surface area contributed by atoms with E-state index in [1.165, 1.54) is 31.2 Å². The summed E-state index contributed by atoms with van der Waals surface area (Å²) in [6.45, 7) is 11.8. The summed E-state index contributed by atoms with van der Waals surface area (Å²) in [6.07, 6.45) is 1.95. The number of aliphatic hydroxyl groups is 1. The predicted molar refractivity (Wildman–Crippen MR) is 134 cm³/mol. The average molecular weight is 474 g/mol. The van der Waals surface area contributed by atoms with Crippen LogP contribution in [0, 0.1) is 0 Å². The maximum Gasteiger partial charge on any atom is 0.414 e. The van der Waals surface area contributed by atoms with Gasteiger partial charge in [0.1, 0.15) is 0 Å². The molecular weight excluding hydrogens is 438 g/mol. The number of fused-ring (bicyclic) bond motifs is 1. The second-order valence-electron chi connectivity index (χ2n) is 9.25. The molecule has 0 fully saturated rings. The average Bonchev–Trinajstić information content (AvgIpc) is 2.68. The van der Waals surface area contributed by atoms with E-state index in [9.17, 15) is 19.5 Å². The molecule has 1 heterocycles. The first-order chi connectivity index (χ1) is 15.7. The fourth-order valence-corrected chi connectivity index (χ4v) is 3.69. The summed E-state index contributed by atoms with van der Waals surface area (Å²) in [7, 11) is 0. The molecule has 0 aromatic heterocycles. The van der Waals surface area contributed by atoms with Gasteiger partial charge in [0, 0.05) is 43.9 Å². The van der Waals surface area contributed by atoms with E-state index >= 15 is 0 Å². The van der Waals surface area contributed by atoms with Gasteiger partial charge in [-0.3, -0.25) is 19.5 Å². The number of aliphatic imine (C=N–C) groups is 1. The minimum Gasteiger partial charge on any atom is -0.446 e. The highest BCUT2D eigenvalue weighted by Crippen LogP contribution is 2.41. The molecule has 0 aliphatic carbocycles. The Balaban J connectivity index is 2.73. The minimum atomic E-state index is -1.01. The van der Waals surface area contributed by atoms with Gasteiger partial charge in [-0.2, -0.15) is 0 Å². The molecule has 3 amide bonds. The van der Waals surface area contributed by atoms with Crippen LogP contribution in [0.4, 0.5) is 21.9 Å². The summed E-state index contributed by atoms with van der Waals surface area (Å²) in [6, 6.07) is 3.00. The third-order valence-electron chi connectivity index (χ3n) is 4.96. The Bertz CT molecular complexity index is 1010. The molecule has 1 aromatic carbocycles. The van der Waals surface area contributed by atoms with Gasteiger partial charge in [-0.25, -0.2) is 4.79 Å². The molecule has 2 rings (SSSR count). The fourth-order valence-electron chi connectivity index (χ4n) is 3.69. The molecule has 1 atom stereocenters. The van der Waals surface area contributed by atoms with Gasteiger partial charge in [0.05, 0.1) is 41.4 Å². The van der Waals surface area contributed by atoms with E-state index < -0.39 is 11.7 Å². The van der Waals surface area contributed by atoms with Crippen molar-refractivity contribution in [2.24, 2.45) is 10.7 Å². The van der Waals surface area contributed by atoms with Gasteiger partial charge in [-0.05, 0) is 46.8 Å². The van der Waals surface area contributed by atoms with Crippen molar-refractivity contribution in [2.45, 2.75) is 66.2 Å². The number of carbonyl (C=O) groups is 3. The number of nitrogens with zero attached hydrogens (tertiary/aromatic N) is 3. The smallest absolute Gasteiger partial charge is 0.414 e. The van der Waals surface area contributed by atoms with Crippen molar-refractivity contribution in [2.75, 3.05) is 28.2 Å². The predicted octanol–water partition coefficient (Wildman–Crippen LogP) is 2.89. The van der Waals surface area contributed by atoms with Gasteiger partial charge in [-0.15, -0.1) is 0 Å². The number of anilines is 3. The SMILES string of the molecule is CC(=O)Nc1cc2c(cc1C(C=NCC(C)(C)O)=CN)N(C(=O)OC(C)C)C[C@H](C)N2C(C)=O. The zero-order valence-electron chi connectivity index (χ0n) is 20.9. The second kappa shape index (κ2) is 10.7. The first kappa shape index (κ1) is 26.8. The number of hydrogen-bond donors (Lipinski definition) is 3. The Hall–Kier alpha value is -3.40. The molecule has 186 valence electrons. The molecule has 10 heteroatoms. The molecule has 1 aromatic rings. The molecule has 10 nitrogen and oxygen atoms in total. The summed E-state index contributed by atoms with van der Waals surface area (Å²) in [5.74, 6) is -0.520. The highest BCUT2D eigenvalue weighted by molar-refractivity contribution is 6.15. The van der Waals surface area contributed by atoms with Crippen molar-refractivity contribution in [1.29, 1.82) is 0 Å². The Morgan fingerprint density at radius 3 is 2.44 bits per heavy atom. The first-order valence-corrected chi connectivity index (χ1v) is 11.1. The van der Waals surface area contributed by atoms with Crippen molar-refractivity contribution in [3.05, 3.63) is 23.9 Å². The second-order valence-corrected chi connectivity index (χ2v) is 9.25. The van der Waals surface area contributed by atoms with Crippen LogP contribution in [0.5, 0.6) is 0 Å². The Kier molecular flexibility index (Phi) is 8.44. The summed E-state index contributed by atoms with van der Waals surface area (Å²) >= 11 is 0. The molecule has 0 bridgehead atoms. The van der Waals surface area contributed by atoms with Crippen LogP contribution in [0.3, 0.4) is 0 Å². The first-order valence-electron chi connectivity index (χ1n) is 11.1. The highest BCUT2D eigenvalue weighted by atomic mass is 16.6. The zero-order chi connectivity index (χ0) is 25.8. The van der Waals surface area contributed by atoms with Crippen molar-refractivity contribution in [3.8, 4) is 0 Å². The third-order valence-corrected chi connectivity index (χ3v) is 4.96. The lowest BCUT2D eigenvalue weighted by atomic mass is 9.99. The quantitative estimate of drug-likeness (QED) is 0.543. The van der Waals surface area contributed by atoms with Crippen LogP contribution in [-0.2, 0) is 14.3 Å². The van der Waals surface area contributed by atoms with E-state index in [4.69, 9.17) is 10.5 Å². The number of ether oxygens (including phenoxy) is 1. The molecule has 4 N–H and O–H groups in total. The Morgan fingerprint density at radius 2 is 1.94 bits per heavy atom. The zero-order valence-corrected chi connectivity index (χ0v) is 20.9. The lowest BCUT2D eigenvalue weighted by Gasteiger charge is -2.41. The van der Waals surface area contributed by atoms with Crippen LogP contribution in [0.2, 0.25) is 0 Å². The Morgan fingerprint density at radius 1 is 1.29 bits per heavy atom. The van der Waals surface area contributed by atoms with E-state index in [0.29, 0.717) is 28.2 Å². The standard InChI is InChI=1S/C24H35N5O5/c1-14(2)34-23(32)28-12-15(3)29(17(5)31)22-9-20(27-16(4)30)19(8-21(22)28)18(10-25)11-26-13-24(6,7)33/h8-11,14-15,33H,12-13,25H2,1-7H3,(H,27,30)/t15-/m0/s1. The molecule has 0 radical (unpaired) electrons. The van der Waals surface area contributed by atoms with Crippen molar-refractivity contribution >= 4 is 46.8 Å². The number of rotatable bonds is 6. The van der Waals surface area contributed by atoms with E-state index in [-0.39, 0.29) is 37.0 Å². The van der Waals surface area contributed by atoms with E-state index in [1.807, 2.05) is 6.92 Å². The van der Waals surface area contributed by atoms with Gasteiger partial charge >= 0.3 is 6.09 Å². The largest absolute Gasteiger partial charge is 0.446 e. The maximum absolute atomic E-state index is 12.9. The molecule has 34 heavy (non-hydrogen) atoms. The fraction of sp³-hybridized carbons (Fsp3) is 0.500. The highest BCUT2D eigenvalue weighted by Gasteiger charge is 2.36. The minimum absolute atomic E-state index is 0.132. The molecule has 0 saturated heterocycles. The van der Waals surface area contributed by atoms with Crippen LogP contribution >= 0.6 is 0 Å². The topological polar surface area (TPSA) is 138 Å². The number of carbonyl (C=O) groups excluding carboxylic acids is 3. The molecule has 0 unspecified atom stereocenters. The summed E-state index contributed by atoms with van der Waals surface area (Å²) in [5.41, 5.74) is 7.14. The molecule has 0 spiro atoms. The van der Waals surface area contributed by atoms with Crippen LogP contribution < -0.4 is 20.9 Å². The van der Waals surface area contributed by atoms with Crippen molar-refractivity contribution in [1.82, 2.24) is 0 Å². The van der Waals surface area contributed by atoms with Gasteiger partial charge in [0.2, 0.25) is 11.8 Å². The monoisotopic (exact) mass is 473 g/mol. The Labute approximate surface area is 200 Å². The van der Waals surface area contributed by atoms with Crippen LogP contribution in [0.25, 0.3) is 5.57 Å². The molecule has 1 aliphatic rings. The normalized spacial score (nSPS) is 16.6. The van der Waals surface area contributed by atoms with E-state index in [1.54, 1.807) is 44.7 Å². The van der Waals surface area contributed by atoms with Gasteiger partial charge in [0.25, 0.3) is 0 Å². The number of allylic oxidation sites excluding steroid dienone is 1.